The summed E-state index contributed by atoms with van der Waals surface area (Å²) in [5.74, 6) is 0. The Morgan fingerprint density at radius 3 is 1.67 bits per heavy atom. The molecule has 4 rings (SSSR count). The van der Waals surface area contributed by atoms with Crippen LogP contribution in [0.15, 0.2) is 113 Å². The lowest BCUT2D eigenvalue weighted by atomic mass is 10.0. The Morgan fingerprint density at radius 1 is 0.718 bits per heavy atom. The zero-order valence-corrected chi connectivity index (χ0v) is 23.2. The molecule has 0 spiro atoms. The molecule has 204 valence electrons. The van der Waals surface area contributed by atoms with Gasteiger partial charge in [-0.2, -0.15) is 0 Å². The number of alkyl carbamates (subject to hydrolysis) is 1. The van der Waals surface area contributed by atoms with E-state index in [9.17, 15) is 21.6 Å². The highest BCUT2D eigenvalue weighted by molar-refractivity contribution is 8.10. The SMILES string of the molecule is CC(C)(C)OC(=O)N[C@@H](c1ccc2ccccc2c1)C(F)(S(=O)(=O)c1ccccc1)S(=O)(=O)c1ccccc1. The first kappa shape index (κ1) is 28.3. The van der Waals surface area contributed by atoms with Crippen LogP contribution >= 0.6 is 0 Å². The number of hydrogen-bond acceptors (Lipinski definition) is 6. The Morgan fingerprint density at radius 2 is 1.18 bits per heavy atom. The topological polar surface area (TPSA) is 107 Å². The summed E-state index contributed by atoms with van der Waals surface area (Å²) in [7, 11) is -10.6. The van der Waals surface area contributed by atoms with Crippen molar-refractivity contribution in [3.8, 4) is 0 Å². The van der Waals surface area contributed by atoms with Crippen LogP contribution in [0.5, 0.6) is 0 Å². The van der Waals surface area contributed by atoms with E-state index in [0.29, 0.717) is 5.39 Å². The molecule has 1 N–H and O–H groups in total. The van der Waals surface area contributed by atoms with Crippen LogP contribution in [0.2, 0.25) is 0 Å². The van der Waals surface area contributed by atoms with Crippen LogP contribution in [-0.2, 0) is 24.4 Å². The molecule has 0 aromatic heterocycles. The maximum atomic E-state index is 17.8. The first-order chi connectivity index (χ1) is 18.3. The summed E-state index contributed by atoms with van der Waals surface area (Å²) < 4.78 is 75.3. The number of carbonyl (C=O) groups excluding carboxylic acids is 1. The largest absolute Gasteiger partial charge is 0.444 e. The molecule has 0 aliphatic heterocycles. The van der Waals surface area contributed by atoms with Crippen LogP contribution in [-0.4, -0.2) is 32.9 Å². The number of rotatable bonds is 7. The summed E-state index contributed by atoms with van der Waals surface area (Å²) in [6, 6.07) is 22.1. The van der Waals surface area contributed by atoms with Crippen molar-refractivity contribution in [1.82, 2.24) is 5.32 Å². The number of sulfone groups is 2. The quantitative estimate of drug-likeness (QED) is 0.294. The van der Waals surface area contributed by atoms with Crippen LogP contribution in [0, 0.1) is 0 Å². The molecular weight excluding hydrogens is 541 g/mol. The van der Waals surface area contributed by atoms with Crippen LogP contribution in [0.3, 0.4) is 0 Å². The number of alkyl halides is 1. The van der Waals surface area contributed by atoms with Gasteiger partial charge in [-0.25, -0.2) is 26.0 Å². The molecule has 0 saturated heterocycles. The molecule has 1 amide bonds. The van der Waals surface area contributed by atoms with Crippen LogP contribution in [0.4, 0.5) is 9.18 Å². The lowest BCUT2D eigenvalue weighted by molar-refractivity contribution is 0.0481. The second-order valence-corrected chi connectivity index (χ2v) is 14.3. The predicted molar refractivity (Wildman–Crippen MR) is 147 cm³/mol. The average Bonchev–Trinajstić information content (AvgIpc) is 2.91. The van der Waals surface area contributed by atoms with E-state index in [1.807, 2.05) is 0 Å². The number of ether oxygens (including phenoxy) is 1. The minimum absolute atomic E-state index is 0.0823. The normalized spacial score (nSPS) is 13.5. The van der Waals surface area contributed by atoms with E-state index < -0.39 is 51.5 Å². The molecule has 4 aromatic carbocycles. The summed E-state index contributed by atoms with van der Waals surface area (Å²) in [5, 5.41) is 3.59. The highest BCUT2D eigenvalue weighted by atomic mass is 32.3. The number of carbonyl (C=O) groups is 1. The first-order valence-electron chi connectivity index (χ1n) is 12.0. The van der Waals surface area contributed by atoms with Crippen molar-refractivity contribution in [3.63, 3.8) is 0 Å². The van der Waals surface area contributed by atoms with Crippen molar-refractivity contribution in [2.24, 2.45) is 0 Å². The van der Waals surface area contributed by atoms with Gasteiger partial charge in [-0.1, -0.05) is 72.8 Å². The Hall–Kier alpha value is -3.76. The van der Waals surface area contributed by atoms with Crippen LogP contribution in [0.1, 0.15) is 32.4 Å². The average molecular weight is 570 g/mol. The Kier molecular flexibility index (Phi) is 7.55. The smallest absolute Gasteiger partial charge is 0.408 e. The third kappa shape index (κ3) is 5.39. The summed E-state index contributed by atoms with van der Waals surface area (Å²) >= 11 is 0. The highest BCUT2D eigenvalue weighted by Crippen LogP contribution is 2.46. The molecule has 0 fully saturated rings. The minimum atomic E-state index is -5.32. The van der Waals surface area contributed by atoms with E-state index in [1.54, 1.807) is 51.1 Å². The van der Waals surface area contributed by atoms with Crippen molar-refractivity contribution in [1.29, 1.82) is 0 Å². The molecule has 0 aliphatic rings. The number of benzene rings is 4. The highest BCUT2D eigenvalue weighted by Gasteiger charge is 2.64. The summed E-state index contributed by atoms with van der Waals surface area (Å²) in [4.78, 5) is 11.9. The van der Waals surface area contributed by atoms with Crippen LogP contribution < -0.4 is 5.32 Å². The van der Waals surface area contributed by atoms with Crippen molar-refractivity contribution in [2.45, 2.75) is 46.5 Å². The van der Waals surface area contributed by atoms with Gasteiger partial charge in [0.05, 0.1) is 9.79 Å². The molecule has 0 radical (unpaired) electrons. The fourth-order valence-electron chi connectivity index (χ4n) is 4.16. The zero-order valence-electron chi connectivity index (χ0n) is 21.5. The predicted octanol–water partition coefficient (Wildman–Crippen LogP) is 5.98. The van der Waals surface area contributed by atoms with Gasteiger partial charge in [-0.3, -0.25) is 0 Å². The second kappa shape index (κ2) is 10.4. The fourth-order valence-corrected chi connectivity index (χ4v) is 8.57. The molecule has 0 unspecified atom stereocenters. The number of halogens is 1. The van der Waals surface area contributed by atoms with Gasteiger partial charge in [0.15, 0.2) is 0 Å². The van der Waals surface area contributed by atoms with Crippen molar-refractivity contribution < 1.29 is 30.8 Å². The third-order valence-electron chi connectivity index (χ3n) is 5.95. The van der Waals surface area contributed by atoms with E-state index in [4.69, 9.17) is 4.74 Å². The molecule has 4 aromatic rings. The Labute approximate surface area is 227 Å². The molecule has 39 heavy (non-hydrogen) atoms. The van der Waals surface area contributed by atoms with E-state index in [-0.39, 0.29) is 5.56 Å². The van der Waals surface area contributed by atoms with E-state index in [2.05, 4.69) is 5.32 Å². The van der Waals surface area contributed by atoms with Gasteiger partial charge < -0.3 is 10.1 Å². The lowest BCUT2D eigenvalue weighted by Gasteiger charge is -2.34. The molecule has 7 nitrogen and oxygen atoms in total. The number of amides is 1. The number of fused-ring (bicyclic) bond motifs is 1. The first-order valence-corrected chi connectivity index (χ1v) is 15.0. The molecule has 10 heteroatoms. The maximum Gasteiger partial charge on any atom is 0.408 e. The minimum Gasteiger partial charge on any atom is -0.444 e. The summed E-state index contributed by atoms with van der Waals surface area (Å²) in [6.45, 7) is 4.71. The van der Waals surface area contributed by atoms with E-state index in [1.165, 1.54) is 48.5 Å². The molecule has 0 saturated carbocycles. The standard InChI is InChI=1S/C29H28FNO6S2/c1-28(2,3)37-27(32)31-26(23-19-18-21-12-10-11-13-22(21)20-23)29(30,38(33,34)24-14-6-4-7-15-24)39(35,36)25-16-8-5-9-17-25/h4-20,26H,1-3H3,(H,31,32)/t26-/m0/s1. The molecule has 1 atom stereocenters. The van der Waals surface area contributed by atoms with Gasteiger partial charge in [0, 0.05) is 0 Å². The summed E-state index contributed by atoms with van der Waals surface area (Å²) in [5.41, 5.74) is -1.12. The number of hydrogen-bond donors (Lipinski definition) is 1. The Bertz CT molecular complexity index is 1630. The third-order valence-corrected chi connectivity index (χ3v) is 11.0. The van der Waals surface area contributed by atoms with Gasteiger partial charge in [-0.15, -0.1) is 0 Å². The van der Waals surface area contributed by atoms with E-state index >= 15 is 4.39 Å². The van der Waals surface area contributed by atoms with Crippen molar-refractivity contribution >= 4 is 36.5 Å². The Balaban J connectivity index is 2.05. The van der Waals surface area contributed by atoms with Gasteiger partial charge >= 0.3 is 10.4 Å². The van der Waals surface area contributed by atoms with Crippen LogP contribution in [0.25, 0.3) is 10.8 Å². The summed E-state index contributed by atoms with van der Waals surface area (Å²) in [6.07, 6.45) is -1.19. The number of nitrogens with one attached hydrogen (secondary N) is 1. The lowest BCUT2D eigenvalue weighted by Crippen LogP contribution is -2.54. The van der Waals surface area contributed by atoms with Gasteiger partial charge in [0.25, 0.3) is 0 Å². The molecule has 0 aliphatic carbocycles. The van der Waals surface area contributed by atoms with Gasteiger partial charge in [0.1, 0.15) is 11.6 Å². The van der Waals surface area contributed by atoms with Crippen molar-refractivity contribution in [2.75, 3.05) is 0 Å². The molecular formula is C29H28FNO6S2. The zero-order chi connectivity index (χ0) is 28.5. The monoisotopic (exact) mass is 569 g/mol. The molecule has 0 heterocycles. The fraction of sp³-hybridized carbons (Fsp3) is 0.207. The second-order valence-electron chi connectivity index (χ2n) is 9.90. The maximum absolute atomic E-state index is 17.8. The van der Waals surface area contributed by atoms with Gasteiger partial charge in [0.2, 0.25) is 19.7 Å². The molecule has 0 bridgehead atoms. The van der Waals surface area contributed by atoms with Gasteiger partial charge in [-0.05, 0) is 67.4 Å². The van der Waals surface area contributed by atoms with E-state index in [0.717, 1.165) is 29.7 Å². The van der Waals surface area contributed by atoms with Crippen molar-refractivity contribution in [3.05, 3.63) is 109 Å².